The Kier molecular flexibility index (Phi) is 5.70. The first-order chi connectivity index (χ1) is 10.5. The van der Waals surface area contributed by atoms with Crippen molar-refractivity contribution >= 4 is 34.0 Å². The molecule has 0 bridgehead atoms. The van der Waals surface area contributed by atoms with Crippen LogP contribution in [0.4, 0.5) is 0 Å². The number of aryl methyl sites for hydroxylation is 1. The van der Waals surface area contributed by atoms with E-state index in [0.29, 0.717) is 24.7 Å². The molecule has 9 heteroatoms. The van der Waals surface area contributed by atoms with Gasteiger partial charge in [0.15, 0.2) is 0 Å². The summed E-state index contributed by atoms with van der Waals surface area (Å²) in [5.74, 6) is 0. The standard InChI is InChI=1S/C14H17ClN4O2S.ClH/c1-18-10-13(8-17-18)22(20,21)19-6-5-16-9-14(19)11-3-2-4-12(15)7-11;/h2-4,7-8,10,14,16H,5-6,9H2,1H3;1H. The van der Waals surface area contributed by atoms with Gasteiger partial charge in [-0.25, -0.2) is 8.42 Å². The molecule has 0 saturated carbocycles. The van der Waals surface area contributed by atoms with E-state index in [0.717, 1.165) is 5.56 Å². The van der Waals surface area contributed by atoms with E-state index in [2.05, 4.69) is 10.4 Å². The highest BCUT2D eigenvalue weighted by molar-refractivity contribution is 7.89. The van der Waals surface area contributed by atoms with Crippen molar-refractivity contribution in [2.75, 3.05) is 19.6 Å². The third kappa shape index (κ3) is 3.70. The van der Waals surface area contributed by atoms with Crippen LogP contribution >= 0.6 is 24.0 Å². The van der Waals surface area contributed by atoms with Crippen molar-refractivity contribution in [1.82, 2.24) is 19.4 Å². The lowest BCUT2D eigenvalue weighted by atomic mass is 10.1. The average Bonchev–Trinajstić information content (AvgIpc) is 2.95. The van der Waals surface area contributed by atoms with E-state index < -0.39 is 10.0 Å². The molecule has 1 saturated heterocycles. The molecule has 1 aromatic heterocycles. The molecule has 1 fully saturated rings. The van der Waals surface area contributed by atoms with E-state index in [1.807, 2.05) is 18.2 Å². The van der Waals surface area contributed by atoms with Gasteiger partial charge in [-0.15, -0.1) is 12.4 Å². The molecule has 2 aromatic rings. The van der Waals surface area contributed by atoms with E-state index in [-0.39, 0.29) is 23.3 Å². The number of piperazine rings is 1. The second kappa shape index (κ2) is 7.19. The second-order valence-corrected chi connectivity index (χ2v) is 7.57. The first-order valence-electron chi connectivity index (χ1n) is 6.95. The van der Waals surface area contributed by atoms with E-state index in [9.17, 15) is 8.42 Å². The Bertz CT molecular complexity index is 779. The first kappa shape index (κ1) is 18.2. The Hall–Kier alpha value is -1.12. The minimum Gasteiger partial charge on any atom is -0.313 e. The van der Waals surface area contributed by atoms with Gasteiger partial charge >= 0.3 is 0 Å². The first-order valence-corrected chi connectivity index (χ1v) is 8.77. The van der Waals surface area contributed by atoms with Crippen molar-refractivity contribution in [2.24, 2.45) is 7.05 Å². The monoisotopic (exact) mass is 376 g/mol. The largest absolute Gasteiger partial charge is 0.313 e. The highest BCUT2D eigenvalue weighted by Gasteiger charge is 2.35. The maximum atomic E-state index is 12.9. The molecule has 0 amide bonds. The Balaban J connectivity index is 0.00000192. The molecule has 1 aromatic carbocycles. The zero-order chi connectivity index (χ0) is 15.7. The van der Waals surface area contributed by atoms with Gasteiger partial charge in [-0.05, 0) is 17.7 Å². The smallest absolute Gasteiger partial charge is 0.246 e. The number of hydrogen-bond acceptors (Lipinski definition) is 4. The summed E-state index contributed by atoms with van der Waals surface area (Å²) < 4.78 is 28.8. The zero-order valence-corrected chi connectivity index (χ0v) is 14.9. The van der Waals surface area contributed by atoms with Gasteiger partial charge in [-0.2, -0.15) is 9.40 Å². The molecule has 1 aliphatic heterocycles. The molecule has 0 aliphatic carbocycles. The van der Waals surface area contributed by atoms with Crippen molar-refractivity contribution < 1.29 is 8.42 Å². The molecule has 126 valence electrons. The Morgan fingerprint density at radius 2 is 2.17 bits per heavy atom. The van der Waals surface area contributed by atoms with E-state index >= 15 is 0 Å². The van der Waals surface area contributed by atoms with Gasteiger partial charge in [-0.1, -0.05) is 23.7 Å². The topological polar surface area (TPSA) is 67.2 Å². The fourth-order valence-corrected chi connectivity index (χ4v) is 4.44. The van der Waals surface area contributed by atoms with Gasteiger partial charge in [0.2, 0.25) is 10.0 Å². The summed E-state index contributed by atoms with van der Waals surface area (Å²) in [6, 6.07) is 7.04. The molecule has 1 N–H and O–H groups in total. The van der Waals surface area contributed by atoms with Crippen LogP contribution in [0.5, 0.6) is 0 Å². The Morgan fingerprint density at radius 1 is 1.39 bits per heavy atom. The maximum Gasteiger partial charge on any atom is 0.246 e. The molecular weight excluding hydrogens is 359 g/mol. The SMILES string of the molecule is Cl.Cn1cc(S(=O)(=O)N2CCNCC2c2cccc(Cl)c2)cn1. The van der Waals surface area contributed by atoms with Gasteiger partial charge in [0.25, 0.3) is 0 Å². The molecule has 2 heterocycles. The summed E-state index contributed by atoms with van der Waals surface area (Å²) in [6.45, 7) is 1.59. The summed E-state index contributed by atoms with van der Waals surface area (Å²) in [7, 11) is -1.88. The number of benzene rings is 1. The normalized spacial score (nSPS) is 19.3. The number of hydrogen-bond donors (Lipinski definition) is 1. The molecule has 3 rings (SSSR count). The number of sulfonamides is 1. The molecule has 1 atom stereocenters. The number of aromatic nitrogens is 2. The van der Waals surface area contributed by atoms with Crippen LogP contribution in [0.2, 0.25) is 5.02 Å². The lowest BCUT2D eigenvalue weighted by Crippen LogP contribution is -2.48. The summed E-state index contributed by atoms with van der Waals surface area (Å²) in [5.41, 5.74) is 0.882. The van der Waals surface area contributed by atoms with Crippen LogP contribution in [-0.4, -0.2) is 42.1 Å². The summed E-state index contributed by atoms with van der Waals surface area (Å²) in [5, 5.41) is 7.80. The fourth-order valence-electron chi connectivity index (χ4n) is 2.64. The van der Waals surface area contributed by atoms with Gasteiger partial charge in [0, 0.05) is 37.9 Å². The van der Waals surface area contributed by atoms with Crippen molar-refractivity contribution in [3.05, 3.63) is 47.2 Å². The van der Waals surface area contributed by atoms with Crippen LogP contribution in [-0.2, 0) is 17.1 Å². The van der Waals surface area contributed by atoms with Crippen LogP contribution in [0, 0.1) is 0 Å². The summed E-state index contributed by atoms with van der Waals surface area (Å²) >= 11 is 6.04. The predicted molar refractivity (Wildman–Crippen MR) is 91.4 cm³/mol. The number of halogens is 2. The number of nitrogens with zero attached hydrogens (tertiary/aromatic N) is 3. The van der Waals surface area contributed by atoms with Crippen LogP contribution in [0.1, 0.15) is 11.6 Å². The van der Waals surface area contributed by atoms with E-state index in [4.69, 9.17) is 11.6 Å². The highest BCUT2D eigenvalue weighted by Crippen LogP contribution is 2.29. The highest BCUT2D eigenvalue weighted by atomic mass is 35.5. The minimum atomic E-state index is -3.58. The van der Waals surface area contributed by atoms with Crippen molar-refractivity contribution in [1.29, 1.82) is 0 Å². The lowest BCUT2D eigenvalue weighted by Gasteiger charge is -2.35. The molecular formula is C14H18Cl2N4O2S. The third-order valence-electron chi connectivity index (χ3n) is 3.72. The van der Waals surface area contributed by atoms with Crippen LogP contribution in [0.15, 0.2) is 41.6 Å². The Labute approximate surface area is 146 Å². The van der Waals surface area contributed by atoms with Crippen molar-refractivity contribution in [2.45, 2.75) is 10.9 Å². The third-order valence-corrected chi connectivity index (χ3v) is 5.81. The lowest BCUT2D eigenvalue weighted by molar-refractivity contribution is 0.271. The average molecular weight is 377 g/mol. The minimum absolute atomic E-state index is 0. The van der Waals surface area contributed by atoms with Gasteiger partial charge in [0.05, 0.1) is 12.2 Å². The van der Waals surface area contributed by atoms with Crippen LogP contribution in [0.3, 0.4) is 0 Å². The molecule has 0 radical (unpaired) electrons. The van der Waals surface area contributed by atoms with Gasteiger partial charge in [0.1, 0.15) is 4.90 Å². The second-order valence-electron chi connectivity index (χ2n) is 5.24. The number of rotatable bonds is 3. The van der Waals surface area contributed by atoms with Gasteiger partial charge in [-0.3, -0.25) is 4.68 Å². The molecule has 6 nitrogen and oxygen atoms in total. The molecule has 23 heavy (non-hydrogen) atoms. The Morgan fingerprint density at radius 3 is 2.83 bits per heavy atom. The zero-order valence-electron chi connectivity index (χ0n) is 12.5. The van der Waals surface area contributed by atoms with Gasteiger partial charge < -0.3 is 5.32 Å². The summed E-state index contributed by atoms with van der Waals surface area (Å²) in [6.07, 6.45) is 2.90. The van der Waals surface area contributed by atoms with Crippen molar-refractivity contribution in [3.8, 4) is 0 Å². The number of nitrogens with one attached hydrogen (secondary N) is 1. The molecule has 1 unspecified atom stereocenters. The predicted octanol–water partition coefficient (Wildman–Crippen LogP) is 1.83. The van der Waals surface area contributed by atoms with E-state index in [1.165, 1.54) is 21.4 Å². The summed E-state index contributed by atoms with van der Waals surface area (Å²) in [4.78, 5) is 0.212. The van der Waals surface area contributed by atoms with Crippen LogP contribution in [0.25, 0.3) is 0 Å². The fraction of sp³-hybridized carbons (Fsp3) is 0.357. The molecule has 0 spiro atoms. The van der Waals surface area contributed by atoms with Crippen LogP contribution < -0.4 is 5.32 Å². The molecule has 1 aliphatic rings. The maximum absolute atomic E-state index is 12.9. The van der Waals surface area contributed by atoms with Crippen molar-refractivity contribution in [3.63, 3.8) is 0 Å². The van der Waals surface area contributed by atoms with E-state index in [1.54, 1.807) is 13.1 Å². The quantitative estimate of drug-likeness (QED) is 0.886.